The summed E-state index contributed by atoms with van der Waals surface area (Å²) in [5.74, 6) is 0.457. The zero-order valence-electron chi connectivity index (χ0n) is 18.5. The lowest BCUT2D eigenvalue weighted by molar-refractivity contribution is -0.614. The van der Waals surface area contributed by atoms with Crippen LogP contribution in [-0.2, 0) is 6.42 Å². The third-order valence-corrected chi connectivity index (χ3v) is 6.22. The van der Waals surface area contributed by atoms with E-state index < -0.39 is 0 Å². The smallest absolute Gasteiger partial charge is 0.203 e. The van der Waals surface area contributed by atoms with Crippen LogP contribution in [0.5, 0.6) is 0 Å². The van der Waals surface area contributed by atoms with Crippen molar-refractivity contribution < 1.29 is 4.73 Å². The van der Waals surface area contributed by atoms with E-state index in [0.29, 0.717) is 33.8 Å². The average molecular weight is 465 g/mol. The molecule has 0 spiro atoms. The first-order chi connectivity index (χ1) is 16.5. The number of halogens is 1. The largest absolute Gasteiger partial charge is 0.618 e. The zero-order valence-corrected chi connectivity index (χ0v) is 19.3. The maximum absolute atomic E-state index is 13.3. The van der Waals surface area contributed by atoms with Gasteiger partial charge in [-0.3, -0.25) is 0 Å². The number of nitrogens with one attached hydrogen (secondary N) is 1. The van der Waals surface area contributed by atoms with Crippen molar-refractivity contribution in [2.24, 2.45) is 0 Å². The molecule has 0 bridgehead atoms. The lowest BCUT2D eigenvalue weighted by Gasteiger charge is -2.16. The SMILES string of the molecule is Cc1ccc2[nH]c([C@@H](Cc3ccccc3)c3ccc(-c4cc(Cl)ccc4C#N)c[n+]3[O-])nc2c1. The number of fused-ring (bicyclic) bond motifs is 1. The molecule has 0 aliphatic rings. The zero-order chi connectivity index (χ0) is 23.7. The Morgan fingerprint density at radius 2 is 1.88 bits per heavy atom. The minimum absolute atomic E-state index is 0.281. The number of hydrogen-bond donors (Lipinski definition) is 1. The quantitative estimate of drug-likeness (QED) is 0.253. The second-order valence-corrected chi connectivity index (χ2v) is 8.79. The molecule has 2 aromatic heterocycles. The molecule has 0 amide bonds. The van der Waals surface area contributed by atoms with E-state index in [1.807, 2.05) is 55.5 Å². The Morgan fingerprint density at radius 1 is 1.06 bits per heavy atom. The number of imidazole rings is 1. The van der Waals surface area contributed by atoms with Crippen LogP contribution in [0.1, 0.15) is 34.1 Å². The van der Waals surface area contributed by atoms with Crippen molar-refractivity contribution in [3.8, 4) is 17.2 Å². The highest BCUT2D eigenvalue weighted by Crippen LogP contribution is 2.30. The van der Waals surface area contributed by atoms with Gasteiger partial charge in [0.15, 0.2) is 6.20 Å². The molecule has 0 saturated heterocycles. The van der Waals surface area contributed by atoms with Gasteiger partial charge in [-0.15, -0.1) is 0 Å². The molecule has 1 N–H and O–H groups in total. The molecule has 3 aromatic carbocycles. The van der Waals surface area contributed by atoms with Crippen molar-refractivity contribution in [1.82, 2.24) is 9.97 Å². The fourth-order valence-electron chi connectivity index (χ4n) is 4.27. The number of aromatic amines is 1. The molecule has 0 fully saturated rings. The molecule has 34 heavy (non-hydrogen) atoms. The fraction of sp³-hybridized carbons (Fsp3) is 0.107. The molecular weight excluding hydrogens is 444 g/mol. The van der Waals surface area contributed by atoms with E-state index in [9.17, 15) is 10.5 Å². The summed E-state index contributed by atoms with van der Waals surface area (Å²) in [4.78, 5) is 8.26. The predicted octanol–water partition coefficient (Wildman–Crippen LogP) is 6.07. The van der Waals surface area contributed by atoms with E-state index >= 15 is 0 Å². The minimum atomic E-state index is -0.281. The summed E-state index contributed by atoms with van der Waals surface area (Å²) in [6.45, 7) is 2.03. The van der Waals surface area contributed by atoms with Crippen LogP contribution in [0.3, 0.4) is 0 Å². The van der Waals surface area contributed by atoms with Crippen LogP contribution in [0, 0.1) is 23.5 Å². The van der Waals surface area contributed by atoms with Crippen LogP contribution in [-0.4, -0.2) is 9.97 Å². The Hall–Kier alpha value is -4.14. The molecule has 0 radical (unpaired) electrons. The lowest BCUT2D eigenvalue weighted by atomic mass is 9.93. The fourth-order valence-corrected chi connectivity index (χ4v) is 4.44. The van der Waals surface area contributed by atoms with Gasteiger partial charge in [0.1, 0.15) is 11.7 Å². The first-order valence-electron chi connectivity index (χ1n) is 10.9. The van der Waals surface area contributed by atoms with E-state index in [0.717, 1.165) is 32.7 Å². The average Bonchev–Trinajstić information content (AvgIpc) is 3.26. The summed E-state index contributed by atoms with van der Waals surface area (Å²) < 4.78 is 0.878. The van der Waals surface area contributed by atoms with Crippen molar-refractivity contribution in [2.75, 3.05) is 0 Å². The van der Waals surface area contributed by atoms with Crippen molar-refractivity contribution in [2.45, 2.75) is 19.3 Å². The molecule has 5 nitrogen and oxygen atoms in total. The number of rotatable bonds is 5. The van der Waals surface area contributed by atoms with Crippen molar-refractivity contribution in [3.05, 3.63) is 123 Å². The van der Waals surface area contributed by atoms with Gasteiger partial charge in [-0.1, -0.05) is 48.0 Å². The van der Waals surface area contributed by atoms with Gasteiger partial charge in [-0.2, -0.15) is 9.99 Å². The second kappa shape index (κ2) is 9.01. The molecule has 6 heteroatoms. The van der Waals surface area contributed by atoms with Gasteiger partial charge in [0, 0.05) is 22.2 Å². The van der Waals surface area contributed by atoms with Crippen LogP contribution in [0.15, 0.2) is 85.1 Å². The summed E-state index contributed by atoms with van der Waals surface area (Å²) in [6, 6.07) is 27.0. The number of aromatic nitrogens is 3. The summed E-state index contributed by atoms with van der Waals surface area (Å²) in [5.41, 5.74) is 6.35. The molecule has 166 valence electrons. The van der Waals surface area contributed by atoms with Crippen LogP contribution >= 0.6 is 11.6 Å². The van der Waals surface area contributed by atoms with Gasteiger partial charge in [-0.25, -0.2) is 4.98 Å². The topological polar surface area (TPSA) is 79.4 Å². The van der Waals surface area contributed by atoms with Gasteiger partial charge in [0.25, 0.3) is 0 Å². The summed E-state index contributed by atoms with van der Waals surface area (Å²) in [5, 5.41) is 23.3. The van der Waals surface area contributed by atoms with Crippen LogP contribution in [0.25, 0.3) is 22.2 Å². The minimum Gasteiger partial charge on any atom is -0.618 e. The molecule has 0 saturated carbocycles. The number of nitriles is 1. The summed E-state index contributed by atoms with van der Waals surface area (Å²) in [6.07, 6.45) is 2.12. The molecule has 0 unspecified atom stereocenters. The first kappa shape index (κ1) is 21.7. The Kier molecular flexibility index (Phi) is 5.75. The van der Waals surface area contributed by atoms with Crippen molar-refractivity contribution >= 4 is 22.6 Å². The highest BCUT2D eigenvalue weighted by molar-refractivity contribution is 6.30. The lowest BCUT2D eigenvalue weighted by Crippen LogP contribution is -2.34. The number of H-pyrrole nitrogens is 1. The van der Waals surface area contributed by atoms with Gasteiger partial charge >= 0.3 is 0 Å². The molecule has 5 aromatic rings. The highest BCUT2D eigenvalue weighted by Gasteiger charge is 2.26. The van der Waals surface area contributed by atoms with Gasteiger partial charge in [0.2, 0.25) is 5.69 Å². The molecular formula is C28H21ClN4O. The van der Waals surface area contributed by atoms with E-state index in [4.69, 9.17) is 16.6 Å². The van der Waals surface area contributed by atoms with Gasteiger partial charge in [0.05, 0.1) is 22.7 Å². The van der Waals surface area contributed by atoms with E-state index in [-0.39, 0.29) is 5.92 Å². The van der Waals surface area contributed by atoms with Gasteiger partial charge < -0.3 is 10.2 Å². The number of pyridine rings is 1. The monoisotopic (exact) mass is 464 g/mol. The summed E-state index contributed by atoms with van der Waals surface area (Å²) in [7, 11) is 0. The normalized spacial score (nSPS) is 11.9. The van der Waals surface area contributed by atoms with E-state index in [1.54, 1.807) is 18.2 Å². The third kappa shape index (κ3) is 4.24. The highest BCUT2D eigenvalue weighted by atomic mass is 35.5. The number of aryl methyl sites for hydroxylation is 1. The van der Waals surface area contributed by atoms with Gasteiger partial charge in [-0.05, 0) is 60.9 Å². The number of hydrogen-bond acceptors (Lipinski definition) is 3. The Labute approximate surface area is 202 Å². The maximum Gasteiger partial charge on any atom is 0.203 e. The summed E-state index contributed by atoms with van der Waals surface area (Å²) >= 11 is 6.16. The van der Waals surface area contributed by atoms with Crippen molar-refractivity contribution in [3.63, 3.8) is 0 Å². The maximum atomic E-state index is 13.3. The Balaban J connectivity index is 1.61. The molecule has 5 rings (SSSR count). The first-order valence-corrected chi connectivity index (χ1v) is 11.3. The van der Waals surface area contributed by atoms with Crippen LogP contribution in [0.4, 0.5) is 0 Å². The number of nitrogens with zero attached hydrogens (tertiary/aromatic N) is 3. The molecule has 2 heterocycles. The molecule has 1 atom stereocenters. The second-order valence-electron chi connectivity index (χ2n) is 8.36. The standard InChI is InChI=1S/C28H21ClN4O/c1-18-7-11-25-26(13-18)32-28(31-25)24(14-19-5-3-2-4-6-19)27-12-9-21(17-33(27)34)23-15-22(29)10-8-20(23)16-30/h2-13,15,17,24H,14H2,1H3,(H,31,32)/t24-/m0/s1. The van der Waals surface area contributed by atoms with E-state index in [2.05, 4.69) is 23.2 Å². The Morgan fingerprint density at radius 3 is 2.65 bits per heavy atom. The Bertz CT molecular complexity index is 1540. The number of benzene rings is 3. The van der Waals surface area contributed by atoms with Crippen LogP contribution in [0.2, 0.25) is 5.02 Å². The van der Waals surface area contributed by atoms with Crippen LogP contribution < -0.4 is 4.73 Å². The third-order valence-electron chi connectivity index (χ3n) is 5.98. The van der Waals surface area contributed by atoms with Crippen molar-refractivity contribution in [1.29, 1.82) is 5.26 Å². The predicted molar refractivity (Wildman–Crippen MR) is 133 cm³/mol. The molecule has 0 aliphatic heterocycles. The van der Waals surface area contributed by atoms with E-state index in [1.165, 1.54) is 6.20 Å². The molecule has 0 aliphatic carbocycles.